The maximum Gasteiger partial charge on any atom is 0.0294 e. The number of rotatable bonds is 8. The number of hydrogen-bond acceptors (Lipinski definition) is 1. The highest BCUT2D eigenvalue weighted by molar-refractivity contribution is 5.25. The summed E-state index contributed by atoms with van der Waals surface area (Å²) in [7, 11) is 0. The van der Waals surface area contributed by atoms with E-state index in [1.807, 2.05) is 0 Å². The van der Waals surface area contributed by atoms with Crippen molar-refractivity contribution < 1.29 is 0 Å². The fraction of sp³-hybridized carbons (Fsp3) is 0.667. The lowest BCUT2D eigenvalue weighted by Gasteiger charge is -2.25. The minimum atomic E-state index is 0.438. The first kappa shape index (κ1) is 16.2. The largest absolute Gasteiger partial charge is 0.307 e. The van der Waals surface area contributed by atoms with Gasteiger partial charge in [-0.05, 0) is 43.2 Å². The third-order valence-corrected chi connectivity index (χ3v) is 4.01. The Morgan fingerprint density at radius 3 is 2.11 bits per heavy atom. The molecule has 0 bridgehead atoms. The molecule has 0 radical (unpaired) electrons. The van der Waals surface area contributed by atoms with E-state index >= 15 is 0 Å². The fourth-order valence-corrected chi connectivity index (χ4v) is 2.55. The van der Waals surface area contributed by atoms with Crippen molar-refractivity contribution in [1.82, 2.24) is 5.32 Å². The third kappa shape index (κ3) is 5.36. The predicted octanol–water partition coefficient (Wildman–Crippen LogP) is 5.11. The Balaban J connectivity index is 2.59. The number of benzene rings is 1. The van der Waals surface area contributed by atoms with E-state index in [0.29, 0.717) is 18.0 Å². The average Bonchev–Trinajstić information content (AvgIpc) is 2.42. The number of nitrogens with one attached hydrogen (secondary N) is 1. The molecule has 1 N–H and O–H groups in total. The summed E-state index contributed by atoms with van der Waals surface area (Å²) in [6.45, 7) is 11.4. The van der Waals surface area contributed by atoms with Crippen LogP contribution in [0.3, 0.4) is 0 Å². The standard InChI is InChI=1S/C18H31N/c1-6-8-9-16-10-12-17(13-11-16)15(5)19-18(7-2)14(3)4/h10-15,18-19H,6-9H2,1-5H3. The number of hydrogen-bond donors (Lipinski definition) is 1. The van der Waals surface area contributed by atoms with E-state index < -0.39 is 0 Å². The smallest absolute Gasteiger partial charge is 0.0294 e. The number of aryl methyl sites for hydroxylation is 1. The van der Waals surface area contributed by atoms with Gasteiger partial charge in [0, 0.05) is 12.1 Å². The van der Waals surface area contributed by atoms with E-state index in [1.54, 1.807) is 0 Å². The third-order valence-electron chi connectivity index (χ3n) is 4.01. The van der Waals surface area contributed by atoms with Gasteiger partial charge in [0.1, 0.15) is 0 Å². The summed E-state index contributed by atoms with van der Waals surface area (Å²) in [5.41, 5.74) is 2.87. The zero-order valence-corrected chi connectivity index (χ0v) is 13.4. The van der Waals surface area contributed by atoms with Gasteiger partial charge < -0.3 is 5.32 Å². The minimum absolute atomic E-state index is 0.438. The predicted molar refractivity (Wildman–Crippen MR) is 85.5 cm³/mol. The fourth-order valence-electron chi connectivity index (χ4n) is 2.55. The Kier molecular flexibility index (Phi) is 7.15. The molecule has 0 fully saturated rings. The molecule has 0 saturated carbocycles. The van der Waals surface area contributed by atoms with Gasteiger partial charge in [-0.15, -0.1) is 0 Å². The zero-order valence-electron chi connectivity index (χ0n) is 13.4. The van der Waals surface area contributed by atoms with Crippen LogP contribution in [0.15, 0.2) is 24.3 Å². The Bertz CT molecular complexity index is 339. The first-order valence-electron chi connectivity index (χ1n) is 7.93. The molecule has 0 aromatic heterocycles. The maximum absolute atomic E-state index is 3.74. The van der Waals surface area contributed by atoms with Gasteiger partial charge in [-0.1, -0.05) is 58.4 Å². The Labute approximate surface area is 119 Å². The Morgan fingerprint density at radius 2 is 1.63 bits per heavy atom. The lowest BCUT2D eigenvalue weighted by Crippen LogP contribution is -2.35. The first-order chi connectivity index (χ1) is 9.08. The van der Waals surface area contributed by atoms with Gasteiger partial charge in [0.2, 0.25) is 0 Å². The summed E-state index contributed by atoms with van der Waals surface area (Å²) in [6.07, 6.45) is 4.96. The minimum Gasteiger partial charge on any atom is -0.307 e. The molecule has 0 aliphatic carbocycles. The van der Waals surface area contributed by atoms with Crippen LogP contribution >= 0.6 is 0 Å². The van der Waals surface area contributed by atoms with Gasteiger partial charge in [0.05, 0.1) is 0 Å². The van der Waals surface area contributed by atoms with Crippen LogP contribution < -0.4 is 5.32 Å². The van der Waals surface area contributed by atoms with Crippen LogP contribution in [0.2, 0.25) is 0 Å². The second-order valence-electron chi connectivity index (χ2n) is 5.99. The highest BCUT2D eigenvalue weighted by Gasteiger charge is 2.14. The lowest BCUT2D eigenvalue weighted by atomic mass is 9.98. The van der Waals surface area contributed by atoms with Gasteiger partial charge in [0.15, 0.2) is 0 Å². The number of unbranched alkanes of at least 4 members (excludes halogenated alkanes) is 1. The molecule has 0 amide bonds. The molecule has 0 spiro atoms. The van der Waals surface area contributed by atoms with Crippen LogP contribution in [0.4, 0.5) is 0 Å². The van der Waals surface area contributed by atoms with Crippen LogP contribution in [0, 0.1) is 5.92 Å². The Hall–Kier alpha value is -0.820. The normalized spacial score (nSPS) is 14.6. The van der Waals surface area contributed by atoms with Crippen LogP contribution in [0.25, 0.3) is 0 Å². The van der Waals surface area contributed by atoms with E-state index in [4.69, 9.17) is 0 Å². The van der Waals surface area contributed by atoms with Crippen molar-refractivity contribution in [3.8, 4) is 0 Å². The molecule has 1 nitrogen and oxygen atoms in total. The SMILES string of the molecule is CCCCc1ccc(C(C)NC(CC)C(C)C)cc1. The molecule has 19 heavy (non-hydrogen) atoms. The monoisotopic (exact) mass is 261 g/mol. The summed E-state index contributed by atoms with van der Waals surface area (Å²) in [5, 5.41) is 3.74. The quantitative estimate of drug-likeness (QED) is 0.685. The van der Waals surface area contributed by atoms with Gasteiger partial charge in [-0.2, -0.15) is 0 Å². The van der Waals surface area contributed by atoms with E-state index in [1.165, 1.54) is 36.8 Å². The molecule has 1 heteroatoms. The van der Waals surface area contributed by atoms with Gasteiger partial charge in [-0.3, -0.25) is 0 Å². The highest BCUT2D eigenvalue weighted by atomic mass is 14.9. The van der Waals surface area contributed by atoms with Crippen LogP contribution in [-0.4, -0.2) is 6.04 Å². The van der Waals surface area contributed by atoms with E-state index in [-0.39, 0.29) is 0 Å². The summed E-state index contributed by atoms with van der Waals surface area (Å²) in [6, 6.07) is 10.2. The molecule has 0 aliphatic heterocycles. The molecule has 0 heterocycles. The summed E-state index contributed by atoms with van der Waals surface area (Å²) >= 11 is 0. The maximum atomic E-state index is 3.74. The van der Waals surface area contributed by atoms with Crippen molar-refractivity contribution in [3.05, 3.63) is 35.4 Å². The van der Waals surface area contributed by atoms with Crippen molar-refractivity contribution in [3.63, 3.8) is 0 Å². The van der Waals surface area contributed by atoms with Crippen molar-refractivity contribution >= 4 is 0 Å². The Morgan fingerprint density at radius 1 is 1.00 bits per heavy atom. The van der Waals surface area contributed by atoms with E-state index in [0.717, 1.165) is 0 Å². The first-order valence-corrected chi connectivity index (χ1v) is 7.93. The molecule has 1 aromatic carbocycles. The van der Waals surface area contributed by atoms with Crippen LogP contribution in [0.5, 0.6) is 0 Å². The molecule has 2 atom stereocenters. The molecule has 2 unspecified atom stereocenters. The second-order valence-corrected chi connectivity index (χ2v) is 5.99. The highest BCUT2D eigenvalue weighted by Crippen LogP contribution is 2.18. The van der Waals surface area contributed by atoms with Crippen LogP contribution in [-0.2, 0) is 6.42 Å². The second kappa shape index (κ2) is 8.37. The summed E-state index contributed by atoms with van der Waals surface area (Å²) < 4.78 is 0. The van der Waals surface area contributed by atoms with Gasteiger partial charge in [-0.25, -0.2) is 0 Å². The molecular weight excluding hydrogens is 230 g/mol. The van der Waals surface area contributed by atoms with Crippen molar-refractivity contribution in [2.75, 3.05) is 0 Å². The lowest BCUT2D eigenvalue weighted by molar-refractivity contribution is 0.356. The molecule has 1 rings (SSSR count). The summed E-state index contributed by atoms with van der Waals surface area (Å²) in [4.78, 5) is 0. The topological polar surface area (TPSA) is 12.0 Å². The molecular formula is C18H31N. The van der Waals surface area contributed by atoms with Gasteiger partial charge >= 0.3 is 0 Å². The average molecular weight is 261 g/mol. The van der Waals surface area contributed by atoms with Crippen molar-refractivity contribution in [2.24, 2.45) is 5.92 Å². The molecule has 0 aliphatic rings. The van der Waals surface area contributed by atoms with Crippen molar-refractivity contribution in [2.45, 2.75) is 72.4 Å². The summed E-state index contributed by atoms with van der Waals surface area (Å²) in [5.74, 6) is 0.691. The zero-order chi connectivity index (χ0) is 14.3. The molecule has 0 saturated heterocycles. The van der Waals surface area contributed by atoms with Crippen molar-refractivity contribution in [1.29, 1.82) is 0 Å². The molecule has 1 aromatic rings. The van der Waals surface area contributed by atoms with E-state index in [2.05, 4.69) is 64.2 Å². The van der Waals surface area contributed by atoms with Gasteiger partial charge in [0.25, 0.3) is 0 Å². The van der Waals surface area contributed by atoms with E-state index in [9.17, 15) is 0 Å². The molecule has 108 valence electrons. The van der Waals surface area contributed by atoms with Crippen LogP contribution in [0.1, 0.15) is 71.0 Å².